The monoisotopic (exact) mass is 132 g/mol. The molecule has 1 aromatic rings. The van der Waals surface area contributed by atoms with Crippen molar-refractivity contribution >= 4 is 19.6 Å². The third kappa shape index (κ3) is 1.27. The number of rotatable bonds is 1. The van der Waals surface area contributed by atoms with E-state index in [4.69, 9.17) is 0 Å². The number of aldehydes is 1. The van der Waals surface area contributed by atoms with Crippen molar-refractivity contribution in [2.45, 2.75) is 6.92 Å². The first-order valence-corrected chi connectivity index (χ1v) is 3.26. The second-order valence-corrected chi connectivity index (χ2v) is 2.48. The average Bonchev–Trinajstić information content (AvgIpc) is 1.88. The fourth-order valence-electron chi connectivity index (χ4n) is 0.958. The maximum absolute atomic E-state index is 10.3. The molecule has 0 amide bonds. The highest BCUT2D eigenvalue weighted by Crippen LogP contribution is 2.00. The van der Waals surface area contributed by atoms with E-state index in [9.17, 15) is 4.79 Å². The number of carbonyl (C=O) groups is 1. The van der Waals surface area contributed by atoms with Gasteiger partial charge in [-0.05, 0) is 12.5 Å². The van der Waals surface area contributed by atoms with E-state index in [1.54, 1.807) is 0 Å². The predicted octanol–water partition coefficient (Wildman–Crippen LogP) is 0.0659. The van der Waals surface area contributed by atoms with Crippen molar-refractivity contribution in [2.75, 3.05) is 0 Å². The topological polar surface area (TPSA) is 17.1 Å². The summed E-state index contributed by atoms with van der Waals surface area (Å²) in [6.07, 6.45) is 0.884. The van der Waals surface area contributed by atoms with Crippen molar-refractivity contribution in [2.24, 2.45) is 0 Å². The summed E-state index contributed by atoms with van der Waals surface area (Å²) < 4.78 is 0. The van der Waals surface area contributed by atoms with Crippen molar-refractivity contribution in [1.29, 1.82) is 0 Å². The molecule has 50 valence electrons. The van der Waals surface area contributed by atoms with Gasteiger partial charge in [-0.25, -0.2) is 0 Å². The molecule has 0 spiro atoms. The van der Waals surface area contributed by atoms with E-state index in [1.807, 2.05) is 33.0 Å². The number of hydrogen-bond acceptors (Lipinski definition) is 1. The van der Waals surface area contributed by atoms with Gasteiger partial charge < -0.3 is 0 Å². The molecule has 0 atom stereocenters. The van der Waals surface area contributed by atoms with Crippen LogP contribution >= 0.6 is 0 Å². The van der Waals surface area contributed by atoms with Crippen LogP contribution in [-0.2, 0) is 0 Å². The standard InChI is InChI=1S/C8H9BO/c1-6-4-8(9)3-2-7(6)5-10/h2-5H,9H2,1H3. The molecule has 1 rings (SSSR count). The summed E-state index contributed by atoms with van der Waals surface area (Å²) >= 11 is 0. The lowest BCUT2D eigenvalue weighted by Crippen LogP contribution is -2.03. The summed E-state index contributed by atoms with van der Waals surface area (Å²) in [5.74, 6) is 0. The first-order valence-electron chi connectivity index (χ1n) is 3.26. The highest BCUT2D eigenvalue weighted by Gasteiger charge is 1.93. The van der Waals surface area contributed by atoms with Gasteiger partial charge in [-0.15, -0.1) is 0 Å². The minimum absolute atomic E-state index is 0.783. The van der Waals surface area contributed by atoms with Gasteiger partial charge in [0.25, 0.3) is 0 Å². The zero-order chi connectivity index (χ0) is 7.56. The number of benzene rings is 1. The molecule has 10 heavy (non-hydrogen) atoms. The van der Waals surface area contributed by atoms with Crippen molar-refractivity contribution in [3.63, 3.8) is 0 Å². The molecule has 0 N–H and O–H groups in total. The lowest BCUT2D eigenvalue weighted by atomic mass is 9.93. The molecular weight excluding hydrogens is 123 g/mol. The highest BCUT2D eigenvalue weighted by atomic mass is 16.1. The molecule has 0 aromatic heterocycles. The molecule has 0 radical (unpaired) electrons. The Morgan fingerprint density at radius 3 is 2.70 bits per heavy atom. The lowest BCUT2D eigenvalue weighted by molar-refractivity contribution is 0.112. The highest BCUT2D eigenvalue weighted by molar-refractivity contribution is 6.32. The summed E-state index contributed by atoms with van der Waals surface area (Å²) in [5, 5.41) is 0. The van der Waals surface area contributed by atoms with Crippen LogP contribution in [0.3, 0.4) is 0 Å². The lowest BCUT2D eigenvalue weighted by Gasteiger charge is -1.97. The first-order chi connectivity index (χ1) is 4.74. The van der Waals surface area contributed by atoms with Gasteiger partial charge in [-0.3, -0.25) is 4.79 Å². The number of hydrogen-bond donors (Lipinski definition) is 0. The van der Waals surface area contributed by atoms with Crippen LogP contribution in [-0.4, -0.2) is 14.1 Å². The third-order valence-electron chi connectivity index (χ3n) is 1.55. The Morgan fingerprint density at radius 1 is 1.50 bits per heavy atom. The summed E-state index contributed by atoms with van der Waals surface area (Å²) in [5.41, 5.74) is 3.03. The summed E-state index contributed by atoms with van der Waals surface area (Å²) in [6.45, 7) is 1.94. The SMILES string of the molecule is Bc1ccc(C=O)c(C)c1. The molecule has 0 heterocycles. The second-order valence-electron chi connectivity index (χ2n) is 2.48. The fourth-order valence-corrected chi connectivity index (χ4v) is 0.958. The molecule has 0 saturated heterocycles. The van der Waals surface area contributed by atoms with Gasteiger partial charge in [0.2, 0.25) is 0 Å². The van der Waals surface area contributed by atoms with E-state index in [-0.39, 0.29) is 0 Å². The largest absolute Gasteiger partial charge is 0.298 e. The van der Waals surface area contributed by atoms with Crippen LogP contribution in [0, 0.1) is 6.92 Å². The molecule has 0 fully saturated rings. The molecule has 1 nitrogen and oxygen atoms in total. The maximum Gasteiger partial charge on any atom is 0.150 e. The Bertz CT molecular complexity index is 255. The predicted molar refractivity (Wildman–Crippen MR) is 44.7 cm³/mol. The molecule has 0 unspecified atom stereocenters. The van der Waals surface area contributed by atoms with E-state index >= 15 is 0 Å². The van der Waals surface area contributed by atoms with E-state index in [0.717, 1.165) is 17.4 Å². The van der Waals surface area contributed by atoms with Crippen LogP contribution in [0.4, 0.5) is 0 Å². The number of aryl methyl sites for hydroxylation is 1. The van der Waals surface area contributed by atoms with E-state index in [0.29, 0.717) is 0 Å². The first kappa shape index (κ1) is 7.07. The summed E-state index contributed by atoms with van der Waals surface area (Å²) in [7, 11) is 2.02. The normalized spacial score (nSPS) is 9.30. The maximum atomic E-state index is 10.3. The van der Waals surface area contributed by atoms with Crippen LogP contribution in [0.15, 0.2) is 18.2 Å². The summed E-state index contributed by atoms with van der Waals surface area (Å²) in [4.78, 5) is 10.3. The Labute approximate surface area is 61.5 Å². The fraction of sp³-hybridized carbons (Fsp3) is 0.125. The molecule has 0 aliphatic carbocycles. The Kier molecular flexibility index (Phi) is 1.90. The molecular formula is C8H9BO. The van der Waals surface area contributed by atoms with Gasteiger partial charge in [0.1, 0.15) is 14.1 Å². The minimum Gasteiger partial charge on any atom is -0.298 e. The van der Waals surface area contributed by atoms with Crippen LogP contribution < -0.4 is 5.46 Å². The van der Waals surface area contributed by atoms with Gasteiger partial charge in [-0.1, -0.05) is 23.7 Å². The third-order valence-corrected chi connectivity index (χ3v) is 1.55. The Balaban J connectivity index is 3.19. The molecule has 0 aliphatic heterocycles. The zero-order valence-electron chi connectivity index (χ0n) is 6.22. The van der Waals surface area contributed by atoms with Crippen molar-refractivity contribution < 1.29 is 4.79 Å². The zero-order valence-corrected chi connectivity index (χ0v) is 6.22. The number of carbonyl (C=O) groups excluding carboxylic acids is 1. The van der Waals surface area contributed by atoms with Crippen LogP contribution in [0.25, 0.3) is 0 Å². The molecule has 0 aliphatic rings. The van der Waals surface area contributed by atoms with Crippen LogP contribution in [0.1, 0.15) is 15.9 Å². The molecule has 0 bridgehead atoms. The van der Waals surface area contributed by atoms with Gasteiger partial charge in [-0.2, -0.15) is 0 Å². The molecule has 1 aromatic carbocycles. The average molecular weight is 132 g/mol. The smallest absolute Gasteiger partial charge is 0.150 e. The van der Waals surface area contributed by atoms with E-state index < -0.39 is 0 Å². The van der Waals surface area contributed by atoms with Gasteiger partial charge in [0.15, 0.2) is 0 Å². The van der Waals surface area contributed by atoms with Crippen molar-refractivity contribution in [1.82, 2.24) is 0 Å². The quantitative estimate of drug-likeness (QED) is 0.390. The van der Waals surface area contributed by atoms with Crippen molar-refractivity contribution in [3.8, 4) is 0 Å². The van der Waals surface area contributed by atoms with Crippen molar-refractivity contribution in [3.05, 3.63) is 29.3 Å². The second kappa shape index (κ2) is 2.69. The Hall–Kier alpha value is -1.05. The van der Waals surface area contributed by atoms with Crippen LogP contribution in [0.2, 0.25) is 0 Å². The Morgan fingerprint density at radius 2 is 2.20 bits per heavy atom. The van der Waals surface area contributed by atoms with Gasteiger partial charge >= 0.3 is 0 Å². The molecule has 2 heteroatoms. The minimum atomic E-state index is 0.783. The van der Waals surface area contributed by atoms with Gasteiger partial charge in [0, 0.05) is 5.56 Å². The van der Waals surface area contributed by atoms with E-state index in [2.05, 4.69) is 0 Å². The van der Waals surface area contributed by atoms with Gasteiger partial charge in [0.05, 0.1) is 0 Å². The molecule has 0 saturated carbocycles. The van der Waals surface area contributed by atoms with Crippen LogP contribution in [0.5, 0.6) is 0 Å². The van der Waals surface area contributed by atoms with E-state index in [1.165, 1.54) is 5.46 Å². The summed E-state index contributed by atoms with van der Waals surface area (Å²) in [6, 6.07) is 5.79.